The highest BCUT2D eigenvalue weighted by Crippen LogP contribution is 2.17. The zero-order valence-electron chi connectivity index (χ0n) is 21.9. The van der Waals surface area contributed by atoms with Gasteiger partial charge in [0.25, 0.3) is 5.91 Å². The van der Waals surface area contributed by atoms with Gasteiger partial charge in [-0.15, -0.1) is 0 Å². The van der Waals surface area contributed by atoms with Crippen LogP contribution in [0.4, 0.5) is 0 Å². The molecule has 0 aliphatic heterocycles. The summed E-state index contributed by atoms with van der Waals surface area (Å²) in [5, 5.41) is 3.05. The van der Waals surface area contributed by atoms with Gasteiger partial charge in [0.2, 0.25) is 5.91 Å². The van der Waals surface area contributed by atoms with Gasteiger partial charge in [-0.1, -0.05) is 93.1 Å². The molecule has 0 fully saturated rings. The van der Waals surface area contributed by atoms with Crippen LogP contribution in [-0.2, 0) is 29.0 Å². The molecule has 0 heterocycles. The van der Waals surface area contributed by atoms with E-state index in [9.17, 15) is 9.59 Å². The smallest absolute Gasteiger partial charge is 0.261 e. The van der Waals surface area contributed by atoms with E-state index >= 15 is 0 Å². The van der Waals surface area contributed by atoms with Gasteiger partial charge in [-0.3, -0.25) is 9.59 Å². The molecule has 3 rings (SSSR count). The van der Waals surface area contributed by atoms with Gasteiger partial charge in [-0.25, -0.2) is 0 Å². The molecule has 0 radical (unpaired) electrons. The van der Waals surface area contributed by atoms with Gasteiger partial charge in [0, 0.05) is 19.5 Å². The second kappa shape index (κ2) is 13.5. The summed E-state index contributed by atoms with van der Waals surface area (Å²) in [5.41, 5.74) is 4.29. The summed E-state index contributed by atoms with van der Waals surface area (Å²) in [7, 11) is 0. The van der Waals surface area contributed by atoms with Crippen molar-refractivity contribution in [2.45, 2.75) is 53.1 Å². The lowest BCUT2D eigenvalue weighted by atomic mass is 10.0. The Hall–Kier alpha value is -3.60. The molecule has 0 saturated heterocycles. The predicted octanol–water partition coefficient (Wildman–Crippen LogP) is 5.35. The van der Waals surface area contributed by atoms with Crippen LogP contribution in [-0.4, -0.2) is 35.9 Å². The minimum Gasteiger partial charge on any atom is -0.484 e. The average Bonchev–Trinajstić information content (AvgIpc) is 2.88. The summed E-state index contributed by atoms with van der Waals surface area (Å²) in [4.78, 5) is 28.7. The number of carbonyl (C=O) groups excluding carboxylic acids is 2. The SMILES string of the molecule is CCc1ccc(OCC(=O)N(Cc2cccc(C)c2)C(Cc2ccccc2)C(=O)NCC(C)C)cc1. The fraction of sp³-hybridized carbons (Fsp3) is 0.355. The molecule has 190 valence electrons. The second-order valence-electron chi connectivity index (χ2n) is 9.64. The quantitative estimate of drug-likeness (QED) is 0.376. The first-order valence-corrected chi connectivity index (χ1v) is 12.7. The minimum atomic E-state index is -0.662. The Kier molecular flexibility index (Phi) is 10.1. The van der Waals surface area contributed by atoms with E-state index in [1.165, 1.54) is 5.56 Å². The first-order chi connectivity index (χ1) is 17.4. The number of benzene rings is 3. The normalized spacial score (nSPS) is 11.7. The van der Waals surface area contributed by atoms with Crippen molar-refractivity contribution in [1.29, 1.82) is 0 Å². The van der Waals surface area contributed by atoms with Gasteiger partial charge < -0.3 is 15.0 Å². The summed E-state index contributed by atoms with van der Waals surface area (Å²) in [6, 6.07) is 25.0. The topological polar surface area (TPSA) is 58.6 Å². The highest BCUT2D eigenvalue weighted by atomic mass is 16.5. The van der Waals surface area contributed by atoms with Crippen molar-refractivity contribution >= 4 is 11.8 Å². The summed E-state index contributed by atoms with van der Waals surface area (Å²) in [6.45, 7) is 8.97. The number of hydrogen-bond donors (Lipinski definition) is 1. The van der Waals surface area contributed by atoms with Gasteiger partial charge in [-0.2, -0.15) is 0 Å². The predicted molar refractivity (Wildman–Crippen MR) is 145 cm³/mol. The summed E-state index contributed by atoms with van der Waals surface area (Å²) < 4.78 is 5.87. The molecule has 0 bridgehead atoms. The van der Waals surface area contributed by atoms with Crippen LogP contribution in [0.25, 0.3) is 0 Å². The first-order valence-electron chi connectivity index (χ1n) is 12.7. The largest absolute Gasteiger partial charge is 0.484 e. The lowest BCUT2D eigenvalue weighted by Crippen LogP contribution is -2.52. The van der Waals surface area contributed by atoms with E-state index in [4.69, 9.17) is 4.74 Å². The molecule has 5 nitrogen and oxygen atoms in total. The van der Waals surface area contributed by atoms with Crippen molar-refractivity contribution in [3.05, 3.63) is 101 Å². The fourth-order valence-corrected chi connectivity index (χ4v) is 4.03. The number of nitrogens with one attached hydrogen (secondary N) is 1. The van der Waals surface area contributed by atoms with Crippen LogP contribution in [0.1, 0.15) is 43.0 Å². The third-order valence-corrected chi connectivity index (χ3v) is 6.08. The van der Waals surface area contributed by atoms with Crippen molar-refractivity contribution in [3.8, 4) is 5.75 Å². The van der Waals surface area contributed by atoms with Gasteiger partial charge >= 0.3 is 0 Å². The van der Waals surface area contributed by atoms with Crippen molar-refractivity contribution in [1.82, 2.24) is 10.2 Å². The van der Waals surface area contributed by atoms with E-state index in [2.05, 4.69) is 32.2 Å². The third kappa shape index (κ3) is 8.26. The van der Waals surface area contributed by atoms with Gasteiger partial charge in [0.1, 0.15) is 11.8 Å². The van der Waals surface area contributed by atoms with E-state index in [-0.39, 0.29) is 18.4 Å². The molecule has 1 atom stereocenters. The lowest BCUT2D eigenvalue weighted by molar-refractivity contribution is -0.142. The molecule has 0 spiro atoms. The lowest BCUT2D eigenvalue weighted by Gasteiger charge is -2.31. The molecule has 5 heteroatoms. The second-order valence-corrected chi connectivity index (χ2v) is 9.64. The molecule has 0 aliphatic rings. The number of aryl methyl sites for hydroxylation is 2. The van der Waals surface area contributed by atoms with Crippen LogP contribution in [0.3, 0.4) is 0 Å². The number of amides is 2. The maximum absolute atomic E-state index is 13.6. The van der Waals surface area contributed by atoms with Crippen LogP contribution in [0.5, 0.6) is 5.75 Å². The Morgan fingerprint density at radius 1 is 0.889 bits per heavy atom. The molecular formula is C31H38N2O3. The van der Waals surface area contributed by atoms with E-state index in [1.807, 2.05) is 79.7 Å². The number of carbonyl (C=O) groups is 2. The van der Waals surface area contributed by atoms with Gasteiger partial charge in [-0.05, 0) is 48.1 Å². The Bertz CT molecular complexity index is 1110. The number of ether oxygens (including phenoxy) is 1. The summed E-state index contributed by atoms with van der Waals surface area (Å²) in [6.07, 6.45) is 1.36. The Labute approximate surface area is 215 Å². The highest BCUT2D eigenvalue weighted by Gasteiger charge is 2.30. The van der Waals surface area contributed by atoms with Crippen LogP contribution >= 0.6 is 0 Å². The summed E-state index contributed by atoms with van der Waals surface area (Å²) in [5.74, 6) is 0.569. The Balaban J connectivity index is 1.88. The molecule has 3 aromatic rings. The van der Waals surface area contributed by atoms with E-state index in [0.717, 1.165) is 23.1 Å². The van der Waals surface area contributed by atoms with Crippen molar-refractivity contribution in [2.24, 2.45) is 5.92 Å². The van der Waals surface area contributed by atoms with Crippen LogP contribution in [0.15, 0.2) is 78.9 Å². The molecular weight excluding hydrogens is 448 g/mol. The zero-order chi connectivity index (χ0) is 25.9. The Morgan fingerprint density at radius 3 is 2.22 bits per heavy atom. The molecule has 1 unspecified atom stereocenters. The maximum Gasteiger partial charge on any atom is 0.261 e. The zero-order valence-corrected chi connectivity index (χ0v) is 21.9. The van der Waals surface area contributed by atoms with Crippen molar-refractivity contribution < 1.29 is 14.3 Å². The maximum atomic E-state index is 13.6. The Morgan fingerprint density at radius 2 is 1.58 bits per heavy atom. The number of hydrogen-bond acceptors (Lipinski definition) is 3. The standard InChI is InChI=1S/C31H38N2O3/c1-5-25-14-16-28(17-15-25)36-22-30(34)33(21-27-13-9-10-24(4)18-27)29(31(35)32-20-23(2)3)19-26-11-7-6-8-12-26/h6-18,23,29H,5,19-22H2,1-4H3,(H,32,35). The van der Waals surface area contributed by atoms with Crippen LogP contribution in [0, 0.1) is 12.8 Å². The average molecular weight is 487 g/mol. The summed E-state index contributed by atoms with van der Waals surface area (Å²) >= 11 is 0. The van der Waals surface area contributed by atoms with Crippen LogP contribution < -0.4 is 10.1 Å². The highest BCUT2D eigenvalue weighted by molar-refractivity contribution is 5.88. The van der Waals surface area contributed by atoms with Crippen molar-refractivity contribution in [2.75, 3.05) is 13.2 Å². The molecule has 36 heavy (non-hydrogen) atoms. The molecule has 0 aromatic heterocycles. The minimum absolute atomic E-state index is 0.139. The molecule has 2 amide bonds. The molecule has 1 N–H and O–H groups in total. The fourth-order valence-electron chi connectivity index (χ4n) is 4.03. The van der Waals surface area contributed by atoms with Crippen LogP contribution in [0.2, 0.25) is 0 Å². The number of nitrogens with zero attached hydrogens (tertiary/aromatic N) is 1. The van der Waals surface area contributed by atoms with E-state index in [1.54, 1.807) is 4.90 Å². The monoisotopic (exact) mass is 486 g/mol. The van der Waals surface area contributed by atoms with E-state index < -0.39 is 6.04 Å². The van der Waals surface area contributed by atoms with E-state index in [0.29, 0.717) is 31.2 Å². The molecule has 0 aliphatic carbocycles. The number of rotatable bonds is 12. The van der Waals surface area contributed by atoms with Gasteiger partial charge in [0.15, 0.2) is 6.61 Å². The third-order valence-electron chi connectivity index (χ3n) is 6.08. The van der Waals surface area contributed by atoms with Gasteiger partial charge in [0.05, 0.1) is 0 Å². The van der Waals surface area contributed by atoms with Crippen molar-refractivity contribution in [3.63, 3.8) is 0 Å². The first kappa shape index (κ1) is 27.0. The molecule has 0 saturated carbocycles. The molecule has 3 aromatic carbocycles.